The van der Waals surface area contributed by atoms with Crippen LogP contribution in [0.25, 0.3) is 0 Å². The lowest BCUT2D eigenvalue weighted by Crippen LogP contribution is -2.52. The van der Waals surface area contributed by atoms with Gasteiger partial charge in [-0.2, -0.15) is 0 Å². The predicted molar refractivity (Wildman–Crippen MR) is 97.2 cm³/mol. The summed E-state index contributed by atoms with van der Waals surface area (Å²) in [4.78, 5) is 17.9. The molecular weight excluding hydrogens is 300 g/mol. The van der Waals surface area contributed by atoms with E-state index in [0.29, 0.717) is 6.54 Å². The number of nitrogens with one attached hydrogen (secondary N) is 1. The van der Waals surface area contributed by atoms with Crippen LogP contribution < -0.4 is 10.2 Å². The Kier molecular flexibility index (Phi) is 5.25. The maximum absolute atomic E-state index is 4.43. The summed E-state index contributed by atoms with van der Waals surface area (Å²) >= 11 is 0. The lowest BCUT2D eigenvalue weighted by atomic mass is 10.2. The summed E-state index contributed by atoms with van der Waals surface area (Å²) in [6.45, 7) is 6.52. The van der Waals surface area contributed by atoms with Gasteiger partial charge >= 0.3 is 0 Å². The molecule has 3 heterocycles. The van der Waals surface area contributed by atoms with Crippen LogP contribution >= 0.6 is 0 Å². The standard InChI is InChI=1S/C18H24N6/c1-15-6-5-9-20-16(15)14-22-18(19-2)24-12-10-23(11-13-24)17-7-3-4-8-21-17/h3-9H,10-14H2,1-2H3,(H,19,22). The van der Waals surface area contributed by atoms with E-state index in [1.807, 2.05) is 37.6 Å². The zero-order chi connectivity index (χ0) is 16.8. The molecule has 2 aromatic heterocycles. The molecule has 1 aliphatic heterocycles. The normalized spacial score (nSPS) is 15.5. The molecule has 126 valence electrons. The second-order valence-electron chi connectivity index (χ2n) is 5.83. The molecular formula is C18H24N6. The summed E-state index contributed by atoms with van der Waals surface area (Å²) in [6.07, 6.45) is 3.68. The van der Waals surface area contributed by atoms with Crippen molar-refractivity contribution in [3.8, 4) is 0 Å². The van der Waals surface area contributed by atoms with Crippen LogP contribution in [-0.2, 0) is 6.54 Å². The van der Waals surface area contributed by atoms with E-state index >= 15 is 0 Å². The molecule has 1 fully saturated rings. The van der Waals surface area contributed by atoms with E-state index in [2.05, 4.69) is 49.1 Å². The minimum absolute atomic E-state index is 0.694. The lowest BCUT2D eigenvalue weighted by molar-refractivity contribution is 0.371. The van der Waals surface area contributed by atoms with Gasteiger partial charge in [0, 0.05) is 45.6 Å². The second-order valence-corrected chi connectivity index (χ2v) is 5.83. The Morgan fingerprint density at radius 1 is 1.08 bits per heavy atom. The van der Waals surface area contributed by atoms with Crippen molar-refractivity contribution in [2.45, 2.75) is 13.5 Å². The Morgan fingerprint density at radius 3 is 2.54 bits per heavy atom. The highest BCUT2D eigenvalue weighted by molar-refractivity contribution is 5.80. The highest BCUT2D eigenvalue weighted by Gasteiger charge is 2.20. The van der Waals surface area contributed by atoms with Crippen molar-refractivity contribution in [2.24, 2.45) is 4.99 Å². The fourth-order valence-corrected chi connectivity index (χ4v) is 2.89. The molecule has 0 saturated carbocycles. The van der Waals surface area contributed by atoms with Gasteiger partial charge in [0.25, 0.3) is 0 Å². The number of guanidine groups is 1. The number of hydrogen-bond acceptors (Lipinski definition) is 4. The molecule has 6 nitrogen and oxygen atoms in total. The van der Waals surface area contributed by atoms with Crippen molar-refractivity contribution >= 4 is 11.8 Å². The fourth-order valence-electron chi connectivity index (χ4n) is 2.89. The first-order valence-corrected chi connectivity index (χ1v) is 8.30. The van der Waals surface area contributed by atoms with Gasteiger partial charge in [-0.05, 0) is 30.7 Å². The maximum atomic E-state index is 4.43. The molecule has 0 radical (unpaired) electrons. The number of pyridine rings is 2. The summed E-state index contributed by atoms with van der Waals surface area (Å²) in [7, 11) is 1.83. The number of rotatable bonds is 3. The van der Waals surface area contributed by atoms with Crippen LogP contribution in [-0.4, -0.2) is 54.1 Å². The Labute approximate surface area is 143 Å². The number of piperazine rings is 1. The molecule has 1 N–H and O–H groups in total. The van der Waals surface area contributed by atoms with Gasteiger partial charge in [0.05, 0.1) is 12.2 Å². The first-order chi connectivity index (χ1) is 11.8. The lowest BCUT2D eigenvalue weighted by Gasteiger charge is -2.37. The Bertz CT molecular complexity index is 677. The molecule has 24 heavy (non-hydrogen) atoms. The number of anilines is 1. The maximum Gasteiger partial charge on any atom is 0.194 e. The summed E-state index contributed by atoms with van der Waals surface area (Å²) in [5.74, 6) is 1.98. The van der Waals surface area contributed by atoms with Crippen LogP contribution in [0.3, 0.4) is 0 Å². The Hall–Kier alpha value is -2.63. The smallest absolute Gasteiger partial charge is 0.194 e. The molecule has 0 spiro atoms. The van der Waals surface area contributed by atoms with Gasteiger partial charge in [-0.25, -0.2) is 4.98 Å². The van der Waals surface area contributed by atoms with Crippen molar-refractivity contribution in [1.29, 1.82) is 0 Å². The quantitative estimate of drug-likeness (QED) is 0.688. The van der Waals surface area contributed by atoms with Gasteiger partial charge in [0.2, 0.25) is 0 Å². The van der Waals surface area contributed by atoms with Crippen LogP contribution in [0.2, 0.25) is 0 Å². The van der Waals surface area contributed by atoms with Gasteiger partial charge in [0.15, 0.2) is 5.96 Å². The number of aromatic nitrogens is 2. The van der Waals surface area contributed by atoms with E-state index in [1.54, 1.807) is 0 Å². The molecule has 3 rings (SSSR count). The number of hydrogen-bond donors (Lipinski definition) is 1. The molecule has 1 aliphatic rings. The van der Waals surface area contributed by atoms with Crippen molar-refractivity contribution in [2.75, 3.05) is 38.1 Å². The molecule has 0 bridgehead atoms. The van der Waals surface area contributed by atoms with Crippen LogP contribution in [0.4, 0.5) is 5.82 Å². The van der Waals surface area contributed by atoms with Crippen molar-refractivity contribution in [1.82, 2.24) is 20.2 Å². The second kappa shape index (κ2) is 7.77. The zero-order valence-electron chi connectivity index (χ0n) is 14.3. The predicted octanol–water partition coefficient (Wildman–Crippen LogP) is 1.68. The van der Waals surface area contributed by atoms with E-state index < -0.39 is 0 Å². The van der Waals surface area contributed by atoms with Gasteiger partial charge in [-0.1, -0.05) is 12.1 Å². The van der Waals surface area contributed by atoms with Crippen LogP contribution in [0.15, 0.2) is 47.7 Å². The van der Waals surface area contributed by atoms with E-state index in [0.717, 1.165) is 43.7 Å². The third kappa shape index (κ3) is 3.82. The minimum Gasteiger partial charge on any atom is -0.353 e. The monoisotopic (exact) mass is 324 g/mol. The highest BCUT2D eigenvalue weighted by atomic mass is 15.4. The van der Waals surface area contributed by atoms with E-state index in [1.165, 1.54) is 5.56 Å². The van der Waals surface area contributed by atoms with Crippen LogP contribution in [0, 0.1) is 6.92 Å². The first-order valence-electron chi connectivity index (χ1n) is 8.30. The first kappa shape index (κ1) is 16.2. The van der Waals surface area contributed by atoms with Crippen molar-refractivity contribution < 1.29 is 0 Å². The molecule has 2 aromatic rings. The minimum atomic E-state index is 0.694. The van der Waals surface area contributed by atoms with E-state index in [-0.39, 0.29) is 0 Å². The van der Waals surface area contributed by atoms with Crippen molar-refractivity contribution in [3.05, 3.63) is 54.0 Å². The molecule has 0 unspecified atom stereocenters. The summed E-state index contributed by atoms with van der Waals surface area (Å²) in [6, 6.07) is 10.1. The van der Waals surface area contributed by atoms with E-state index in [4.69, 9.17) is 0 Å². The number of aryl methyl sites for hydroxylation is 1. The topological polar surface area (TPSA) is 56.7 Å². The van der Waals surface area contributed by atoms with Crippen LogP contribution in [0.1, 0.15) is 11.3 Å². The van der Waals surface area contributed by atoms with Crippen LogP contribution in [0.5, 0.6) is 0 Å². The number of aliphatic imine (C=N–C) groups is 1. The fraction of sp³-hybridized carbons (Fsp3) is 0.389. The molecule has 0 aliphatic carbocycles. The van der Waals surface area contributed by atoms with Gasteiger partial charge in [0.1, 0.15) is 5.82 Å². The summed E-state index contributed by atoms with van der Waals surface area (Å²) < 4.78 is 0. The van der Waals surface area contributed by atoms with Crippen molar-refractivity contribution in [3.63, 3.8) is 0 Å². The third-order valence-corrected chi connectivity index (χ3v) is 4.30. The molecule has 6 heteroatoms. The summed E-state index contributed by atoms with van der Waals surface area (Å²) in [5, 5.41) is 3.43. The third-order valence-electron chi connectivity index (χ3n) is 4.30. The van der Waals surface area contributed by atoms with Gasteiger partial charge in [-0.3, -0.25) is 9.98 Å². The zero-order valence-corrected chi connectivity index (χ0v) is 14.3. The summed E-state index contributed by atoms with van der Waals surface area (Å²) in [5.41, 5.74) is 2.26. The average molecular weight is 324 g/mol. The largest absolute Gasteiger partial charge is 0.353 e. The average Bonchev–Trinajstić information content (AvgIpc) is 2.65. The SMILES string of the molecule is CN=C(NCc1ncccc1C)N1CCN(c2ccccn2)CC1. The molecule has 0 amide bonds. The van der Waals surface area contributed by atoms with Gasteiger partial charge < -0.3 is 15.1 Å². The highest BCUT2D eigenvalue weighted by Crippen LogP contribution is 2.12. The molecule has 1 saturated heterocycles. The van der Waals surface area contributed by atoms with Gasteiger partial charge in [-0.15, -0.1) is 0 Å². The molecule has 0 aromatic carbocycles. The Balaban J connectivity index is 1.55. The van der Waals surface area contributed by atoms with E-state index in [9.17, 15) is 0 Å². The Morgan fingerprint density at radius 2 is 1.88 bits per heavy atom. The number of nitrogens with zero attached hydrogens (tertiary/aromatic N) is 5. The molecule has 0 atom stereocenters.